The third kappa shape index (κ3) is 7.26. The predicted octanol–water partition coefficient (Wildman–Crippen LogP) is 5.18. The monoisotopic (exact) mass is 489 g/mol. The Morgan fingerprint density at radius 3 is 2.53 bits per heavy atom. The minimum absolute atomic E-state index is 0.0457. The maximum Gasteiger partial charge on any atom is 0.242 e. The van der Waals surface area contributed by atoms with Crippen LogP contribution in [0.2, 0.25) is 0 Å². The van der Waals surface area contributed by atoms with Crippen molar-refractivity contribution in [3.63, 3.8) is 0 Å². The van der Waals surface area contributed by atoms with Gasteiger partial charge in [0.05, 0.1) is 25.6 Å². The molecule has 0 saturated carbocycles. The third-order valence-corrected chi connectivity index (χ3v) is 6.87. The number of carbonyl (C=O) groups is 2. The lowest BCUT2D eigenvalue weighted by Crippen LogP contribution is -2.49. The standard InChI is InChI=1S/C27H40ClN3O3/c1-7-14-30(26(33)27(4,5)20-28)19-25(32)31(21(3)8-2)18-23-12-10-15-29(23)17-22-11-9-13-24(16-22)34-6/h9-13,15-16,21H,7-8,14,17-20H2,1-6H3. The van der Waals surface area contributed by atoms with E-state index in [2.05, 4.69) is 30.5 Å². The first kappa shape index (κ1) is 27.8. The lowest BCUT2D eigenvalue weighted by atomic mass is 9.94. The summed E-state index contributed by atoms with van der Waals surface area (Å²) in [6.45, 7) is 11.6. The van der Waals surface area contributed by atoms with Gasteiger partial charge in [0.1, 0.15) is 5.75 Å². The molecule has 0 aliphatic heterocycles. The van der Waals surface area contributed by atoms with Crippen molar-refractivity contribution < 1.29 is 14.3 Å². The number of benzene rings is 1. The molecule has 0 spiro atoms. The molecular formula is C27H40ClN3O3. The maximum absolute atomic E-state index is 13.5. The van der Waals surface area contributed by atoms with E-state index in [9.17, 15) is 9.59 Å². The Balaban J connectivity index is 2.22. The fourth-order valence-corrected chi connectivity index (χ4v) is 3.98. The molecule has 0 bridgehead atoms. The molecule has 0 fully saturated rings. The molecule has 1 aromatic carbocycles. The van der Waals surface area contributed by atoms with Crippen molar-refractivity contribution in [1.82, 2.24) is 14.4 Å². The number of nitrogens with zero attached hydrogens (tertiary/aromatic N) is 3. The zero-order valence-corrected chi connectivity index (χ0v) is 22.3. The molecule has 1 unspecified atom stereocenters. The number of hydrogen-bond donors (Lipinski definition) is 0. The third-order valence-electron chi connectivity index (χ3n) is 6.21. The Morgan fingerprint density at radius 2 is 1.91 bits per heavy atom. The van der Waals surface area contributed by atoms with Crippen LogP contribution >= 0.6 is 11.6 Å². The molecule has 1 heterocycles. The highest BCUT2D eigenvalue weighted by Gasteiger charge is 2.33. The lowest BCUT2D eigenvalue weighted by molar-refractivity contribution is -0.146. The van der Waals surface area contributed by atoms with Crippen LogP contribution < -0.4 is 4.74 Å². The molecular weight excluding hydrogens is 450 g/mol. The van der Waals surface area contributed by atoms with Gasteiger partial charge in [0, 0.05) is 36.9 Å². The fraction of sp³-hybridized carbons (Fsp3) is 0.556. The van der Waals surface area contributed by atoms with Crippen LogP contribution in [0.25, 0.3) is 0 Å². The molecule has 6 nitrogen and oxygen atoms in total. The number of rotatable bonds is 13. The summed E-state index contributed by atoms with van der Waals surface area (Å²) in [5, 5.41) is 0. The Bertz CT molecular complexity index is 941. The second-order valence-corrected chi connectivity index (χ2v) is 9.77. The molecule has 0 N–H and O–H groups in total. The van der Waals surface area contributed by atoms with E-state index in [0.717, 1.165) is 29.8 Å². The van der Waals surface area contributed by atoms with Gasteiger partial charge in [-0.25, -0.2) is 0 Å². The number of ether oxygens (including phenoxy) is 1. The quantitative estimate of drug-likeness (QED) is 0.364. The first-order chi connectivity index (χ1) is 16.2. The number of methoxy groups -OCH3 is 1. The summed E-state index contributed by atoms with van der Waals surface area (Å²) in [6, 6.07) is 12.1. The number of alkyl halides is 1. The Hall–Kier alpha value is -2.47. The van der Waals surface area contributed by atoms with Gasteiger partial charge in [0.2, 0.25) is 11.8 Å². The summed E-state index contributed by atoms with van der Waals surface area (Å²) in [5.74, 6) is 0.912. The second-order valence-electron chi connectivity index (χ2n) is 9.50. The zero-order chi connectivity index (χ0) is 25.3. The Morgan fingerprint density at radius 1 is 1.18 bits per heavy atom. The number of halogens is 1. The molecule has 0 aliphatic carbocycles. The fourth-order valence-electron chi connectivity index (χ4n) is 3.86. The van der Waals surface area contributed by atoms with E-state index in [-0.39, 0.29) is 30.3 Å². The van der Waals surface area contributed by atoms with Crippen LogP contribution in [-0.4, -0.2) is 58.3 Å². The maximum atomic E-state index is 13.5. The largest absolute Gasteiger partial charge is 0.497 e. The highest BCUT2D eigenvalue weighted by atomic mass is 35.5. The smallest absolute Gasteiger partial charge is 0.242 e. The minimum atomic E-state index is -0.705. The average molecular weight is 490 g/mol. The first-order valence-electron chi connectivity index (χ1n) is 12.1. The molecule has 0 aliphatic rings. The predicted molar refractivity (Wildman–Crippen MR) is 138 cm³/mol. The van der Waals surface area contributed by atoms with Crippen molar-refractivity contribution in [2.45, 2.75) is 66.6 Å². The van der Waals surface area contributed by atoms with Gasteiger partial charge in [-0.1, -0.05) is 26.0 Å². The molecule has 7 heteroatoms. The van der Waals surface area contributed by atoms with Crippen LogP contribution in [0, 0.1) is 5.41 Å². The molecule has 34 heavy (non-hydrogen) atoms. The van der Waals surface area contributed by atoms with Gasteiger partial charge in [0.15, 0.2) is 0 Å². The number of carbonyl (C=O) groups excluding carboxylic acids is 2. The van der Waals surface area contributed by atoms with E-state index in [1.165, 1.54) is 0 Å². The summed E-state index contributed by atoms with van der Waals surface area (Å²) >= 11 is 6.05. The van der Waals surface area contributed by atoms with Crippen LogP contribution in [-0.2, 0) is 22.7 Å². The van der Waals surface area contributed by atoms with Crippen LogP contribution in [0.15, 0.2) is 42.6 Å². The normalized spacial score (nSPS) is 12.3. The van der Waals surface area contributed by atoms with E-state index in [1.54, 1.807) is 12.0 Å². The van der Waals surface area contributed by atoms with Crippen molar-refractivity contribution in [1.29, 1.82) is 0 Å². The topological polar surface area (TPSA) is 54.8 Å². The SMILES string of the molecule is CCCN(CC(=O)N(Cc1cccn1Cc1cccc(OC)c1)C(C)CC)C(=O)C(C)(C)CCl. The van der Waals surface area contributed by atoms with Crippen molar-refractivity contribution in [3.8, 4) is 5.75 Å². The summed E-state index contributed by atoms with van der Waals surface area (Å²) < 4.78 is 7.51. The molecule has 188 valence electrons. The van der Waals surface area contributed by atoms with Crippen molar-refractivity contribution in [2.24, 2.45) is 5.41 Å². The van der Waals surface area contributed by atoms with E-state index < -0.39 is 5.41 Å². The number of hydrogen-bond acceptors (Lipinski definition) is 3. The van der Waals surface area contributed by atoms with Crippen molar-refractivity contribution in [3.05, 3.63) is 53.9 Å². The molecule has 2 aromatic rings. The molecule has 0 saturated heterocycles. The highest BCUT2D eigenvalue weighted by molar-refractivity contribution is 6.19. The van der Waals surface area contributed by atoms with Gasteiger partial charge in [-0.15, -0.1) is 11.6 Å². The van der Waals surface area contributed by atoms with Crippen LogP contribution in [0.3, 0.4) is 0 Å². The molecule has 0 radical (unpaired) electrons. The Labute approximate surface area is 209 Å². The van der Waals surface area contributed by atoms with Gasteiger partial charge >= 0.3 is 0 Å². The second kappa shape index (κ2) is 12.8. The average Bonchev–Trinajstić information content (AvgIpc) is 3.27. The highest BCUT2D eigenvalue weighted by Crippen LogP contribution is 2.22. The zero-order valence-electron chi connectivity index (χ0n) is 21.5. The number of aromatic nitrogens is 1. The van der Waals surface area contributed by atoms with Crippen LogP contribution in [0.5, 0.6) is 5.75 Å². The van der Waals surface area contributed by atoms with Gasteiger partial charge in [-0.05, 0) is 63.4 Å². The van der Waals surface area contributed by atoms with E-state index in [1.807, 2.05) is 56.1 Å². The first-order valence-corrected chi connectivity index (χ1v) is 12.6. The number of amides is 2. The van der Waals surface area contributed by atoms with Crippen molar-refractivity contribution in [2.75, 3.05) is 26.1 Å². The van der Waals surface area contributed by atoms with E-state index in [0.29, 0.717) is 19.6 Å². The van der Waals surface area contributed by atoms with E-state index >= 15 is 0 Å². The summed E-state index contributed by atoms with van der Waals surface area (Å²) in [7, 11) is 1.66. The molecule has 2 rings (SSSR count). The minimum Gasteiger partial charge on any atom is -0.497 e. The Kier molecular flexibility index (Phi) is 10.5. The van der Waals surface area contributed by atoms with Gasteiger partial charge in [-0.2, -0.15) is 0 Å². The lowest BCUT2D eigenvalue weighted by Gasteiger charge is -2.34. The molecule has 1 aromatic heterocycles. The van der Waals surface area contributed by atoms with Gasteiger partial charge in [-0.3, -0.25) is 9.59 Å². The van der Waals surface area contributed by atoms with Crippen LogP contribution in [0.4, 0.5) is 0 Å². The molecule has 2 amide bonds. The van der Waals surface area contributed by atoms with Crippen LogP contribution in [0.1, 0.15) is 58.7 Å². The van der Waals surface area contributed by atoms with E-state index in [4.69, 9.17) is 16.3 Å². The van der Waals surface area contributed by atoms with Gasteiger partial charge < -0.3 is 19.1 Å². The van der Waals surface area contributed by atoms with Gasteiger partial charge in [0.25, 0.3) is 0 Å². The summed E-state index contributed by atoms with van der Waals surface area (Å²) in [4.78, 5) is 30.1. The summed E-state index contributed by atoms with van der Waals surface area (Å²) in [6.07, 6.45) is 3.64. The summed E-state index contributed by atoms with van der Waals surface area (Å²) in [5.41, 5.74) is 1.47. The molecule has 1 atom stereocenters. The van der Waals surface area contributed by atoms with Crippen molar-refractivity contribution >= 4 is 23.4 Å².